The van der Waals surface area contributed by atoms with Crippen LogP contribution in [0.25, 0.3) is 0 Å². The molecular formula is C11H11Cl3N2O5S. The summed E-state index contributed by atoms with van der Waals surface area (Å²) in [5.74, 6) is -2.01. The van der Waals surface area contributed by atoms with Gasteiger partial charge in [-0.2, -0.15) is 0 Å². The molecule has 7 nitrogen and oxygen atoms in total. The number of carbonyl (C=O) groups is 3. The minimum Gasteiger partial charge on any atom is -0.466 e. The fraction of sp³-hybridized carbons (Fsp3) is 0.545. The van der Waals surface area contributed by atoms with Gasteiger partial charge < -0.3 is 15.2 Å². The maximum Gasteiger partial charge on any atom is 0.355 e. The summed E-state index contributed by atoms with van der Waals surface area (Å²) in [7, 11) is 1.17. The number of nitrogens with zero attached hydrogens (tertiary/aromatic N) is 1. The van der Waals surface area contributed by atoms with E-state index < -0.39 is 39.7 Å². The number of amides is 1. The van der Waals surface area contributed by atoms with E-state index in [4.69, 9.17) is 45.3 Å². The van der Waals surface area contributed by atoms with E-state index in [0.29, 0.717) is 0 Å². The Morgan fingerprint density at radius 2 is 2.05 bits per heavy atom. The van der Waals surface area contributed by atoms with Crippen LogP contribution in [-0.2, 0) is 23.9 Å². The van der Waals surface area contributed by atoms with Crippen molar-refractivity contribution >= 4 is 64.4 Å². The van der Waals surface area contributed by atoms with Crippen LogP contribution in [0.2, 0.25) is 0 Å². The van der Waals surface area contributed by atoms with Crippen LogP contribution in [0.4, 0.5) is 0 Å². The summed E-state index contributed by atoms with van der Waals surface area (Å²) >= 11 is 17.8. The number of methoxy groups -OCH3 is 1. The highest BCUT2D eigenvalue weighted by Crippen LogP contribution is 2.40. The van der Waals surface area contributed by atoms with Gasteiger partial charge in [-0.25, -0.2) is 9.59 Å². The number of nitrogens with two attached hydrogens (primary N) is 1. The van der Waals surface area contributed by atoms with Crippen LogP contribution in [0.3, 0.4) is 0 Å². The lowest BCUT2D eigenvalue weighted by atomic mass is 10.0. The van der Waals surface area contributed by atoms with Crippen LogP contribution in [-0.4, -0.2) is 57.4 Å². The van der Waals surface area contributed by atoms with Crippen LogP contribution < -0.4 is 5.73 Å². The number of esters is 2. The molecule has 22 heavy (non-hydrogen) atoms. The Morgan fingerprint density at radius 3 is 2.59 bits per heavy atom. The molecule has 1 unspecified atom stereocenters. The van der Waals surface area contributed by atoms with Gasteiger partial charge in [-0.15, -0.1) is 11.8 Å². The van der Waals surface area contributed by atoms with Gasteiger partial charge in [-0.3, -0.25) is 9.69 Å². The number of hydrogen-bond donors (Lipinski definition) is 1. The summed E-state index contributed by atoms with van der Waals surface area (Å²) in [5, 5.41) is -0.434. The van der Waals surface area contributed by atoms with Gasteiger partial charge in [0.05, 0.1) is 12.7 Å². The summed E-state index contributed by atoms with van der Waals surface area (Å²) < 4.78 is 7.68. The first-order valence-corrected chi connectivity index (χ1v) is 8.11. The second-order valence-electron chi connectivity index (χ2n) is 4.45. The average molecular weight is 390 g/mol. The Kier molecular flexibility index (Phi) is 5.18. The fourth-order valence-corrected chi connectivity index (χ4v) is 3.44. The van der Waals surface area contributed by atoms with Gasteiger partial charge in [0.15, 0.2) is 0 Å². The number of β-lactam (4-membered cyclic amide) rings is 1. The van der Waals surface area contributed by atoms with E-state index in [1.165, 1.54) is 18.9 Å². The Balaban J connectivity index is 2.30. The highest BCUT2D eigenvalue weighted by molar-refractivity contribution is 8.00. The fourth-order valence-electron chi connectivity index (χ4n) is 2.00. The minimum atomic E-state index is -1.81. The van der Waals surface area contributed by atoms with Crippen molar-refractivity contribution in [3.8, 4) is 0 Å². The van der Waals surface area contributed by atoms with Gasteiger partial charge in [-0.05, 0) is 0 Å². The first kappa shape index (κ1) is 17.7. The summed E-state index contributed by atoms with van der Waals surface area (Å²) in [6.07, 6.45) is 0. The lowest BCUT2D eigenvalue weighted by Crippen LogP contribution is -2.68. The highest BCUT2D eigenvalue weighted by atomic mass is 35.6. The minimum absolute atomic E-state index is 0.0123. The van der Waals surface area contributed by atoms with E-state index >= 15 is 0 Å². The zero-order valence-corrected chi connectivity index (χ0v) is 14.3. The smallest absolute Gasteiger partial charge is 0.355 e. The number of carbonyl (C=O) groups excluding carboxylic acids is 3. The molecule has 1 saturated heterocycles. The first-order valence-electron chi connectivity index (χ1n) is 5.93. The quantitative estimate of drug-likeness (QED) is 0.428. The van der Waals surface area contributed by atoms with Crippen LogP contribution >= 0.6 is 46.6 Å². The Bertz CT molecular complexity index is 562. The molecular weight excluding hydrogens is 379 g/mol. The number of halogens is 3. The number of thioether (sulfide) groups is 1. The predicted molar refractivity (Wildman–Crippen MR) is 81.4 cm³/mol. The molecule has 11 heteroatoms. The lowest BCUT2D eigenvalue weighted by molar-refractivity contribution is -0.151. The van der Waals surface area contributed by atoms with Gasteiger partial charge >= 0.3 is 11.9 Å². The molecule has 0 aromatic heterocycles. The molecule has 2 atom stereocenters. The zero-order chi connectivity index (χ0) is 16.7. The topological polar surface area (TPSA) is 98.9 Å². The third-order valence-corrected chi connectivity index (χ3v) is 4.63. The van der Waals surface area contributed by atoms with Gasteiger partial charge in [0.1, 0.15) is 23.7 Å². The number of hydrogen-bond acceptors (Lipinski definition) is 7. The number of alkyl halides is 3. The van der Waals surface area contributed by atoms with Crippen LogP contribution in [0.5, 0.6) is 0 Å². The maximum absolute atomic E-state index is 12.2. The highest BCUT2D eigenvalue weighted by Gasteiger charge is 2.53. The molecule has 2 rings (SSSR count). The van der Waals surface area contributed by atoms with Crippen molar-refractivity contribution in [2.24, 2.45) is 5.73 Å². The second-order valence-corrected chi connectivity index (χ2v) is 8.07. The van der Waals surface area contributed by atoms with Crippen molar-refractivity contribution < 1.29 is 23.9 Å². The third-order valence-electron chi connectivity index (χ3n) is 3.00. The molecule has 2 aliphatic rings. The van der Waals surface area contributed by atoms with Crippen molar-refractivity contribution in [3.63, 3.8) is 0 Å². The van der Waals surface area contributed by atoms with Gasteiger partial charge in [0.2, 0.25) is 9.70 Å². The standard InChI is InChI=1S/C11H11Cl3N2O5S/c1-20-9(18)4-2-22-8-5(15)7(17)16(8)6(4)10(19)21-3-11(12,13)14/h5,8H,2-3,15H2,1H3/t5?,8-/m0/s1. The maximum atomic E-state index is 12.2. The van der Waals surface area contributed by atoms with Crippen molar-refractivity contribution in [2.75, 3.05) is 19.5 Å². The van der Waals surface area contributed by atoms with E-state index in [9.17, 15) is 14.4 Å². The Labute approximate surface area is 145 Å². The van der Waals surface area contributed by atoms with E-state index in [0.717, 1.165) is 4.90 Å². The second kappa shape index (κ2) is 6.45. The Morgan fingerprint density at radius 1 is 1.41 bits per heavy atom. The third kappa shape index (κ3) is 3.30. The molecule has 0 aromatic carbocycles. The molecule has 1 amide bonds. The molecule has 0 aliphatic carbocycles. The van der Waals surface area contributed by atoms with Crippen LogP contribution in [0.1, 0.15) is 0 Å². The average Bonchev–Trinajstić information content (AvgIpc) is 2.48. The molecule has 2 aliphatic heterocycles. The molecule has 2 N–H and O–H groups in total. The van der Waals surface area contributed by atoms with Crippen molar-refractivity contribution in [2.45, 2.75) is 15.2 Å². The molecule has 0 bridgehead atoms. The largest absolute Gasteiger partial charge is 0.466 e. The summed E-state index contributed by atoms with van der Waals surface area (Å²) in [6, 6.07) is -0.736. The van der Waals surface area contributed by atoms with Crippen molar-refractivity contribution in [1.29, 1.82) is 0 Å². The molecule has 0 aromatic rings. The molecule has 0 spiro atoms. The number of rotatable bonds is 3. The molecule has 122 valence electrons. The van der Waals surface area contributed by atoms with Gasteiger partial charge in [-0.1, -0.05) is 34.8 Å². The predicted octanol–water partition coefficient (Wildman–Crippen LogP) is 0.569. The normalized spacial score (nSPS) is 24.6. The zero-order valence-electron chi connectivity index (χ0n) is 11.2. The molecule has 2 heterocycles. The van der Waals surface area contributed by atoms with Crippen LogP contribution in [0, 0.1) is 0 Å². The van der Waals surface area contributed by atoms with Gasteiger partial charge in [0.25, 0.3) is 0 Å². The Hall–Kier alpha value is -0.670. The van der Waals surface area contributed by atoms with E-state index in [1.54, 1.807) is 0 Å². The van der Waals surface area contributed by atoms with E-state index in [-0.39, 0.29) is 17.0 Å². The summed E-state index contributed by atoms with van der Waals surface area (Å²) in [5.41, 5.74) is 5.47. The van der Waals surface area contributed by atoms with E-state index in [2.05, 4.69) is 4.74 Å². The lowest BCUT2D eigenvalue weighted by Gasteiger charge is -2.47. The molecule has 0 saturated carbocycles. The monoisotopic (exact) mass is 388 g/mol. The summed E-state index contributed by atoms with van der Waals surface area (Å²) in [4.78, 5) is 37.0. The number of fused-ring (bicyclic) bond motifs is 1. The van der Waals surface area contributed by atoms with Crippen molar-refractivity contribution in [3.05, 3.63) is 11.3 Å². The van der Waals surface area contributed by atoms with Crippen molar-refractivity contribution in [1.82, 2.24) is 4.90 Å². The van der Waals surface area contributed by atoms with Gasteiger partial charge in [0, 0.05) is 5.75 Å². The van der Waals surface area contributed by atoms with E-state index in [1.807, 2.05) is 0 Å². The number of ether oxygens (including phenoxy) is 2. The SMILES string of the molecule is COC(=O)C1=C(C(=O)OCC(Cl)(Cl)Cl)N2C(=O)C(N)[C@@H]2SC1. The molecule has 0 radical (unpaired) electrons. The molecule has 1 fully saturated rings. The first-order chi connectivity index (χ1) is 10.2. The summed E-state index contributed by atoms with van der Waals surface area (Å²) in [6.45, 7) is -0.527. The van der Waals surface area contributed by atoms with Crippen LogP contribution in [0.15, 0.2) is 11.3 Å².